The van der Waals surface area contributed by atoms with E-state index in [1.165, 1.54) is 7.05 Å². The highest BCUT2D eigenvalue weighted by molar-refractivity contribution is 6.10. The zero-order valence-electron chi connectivity index (χ0n) is 14.3. The van der Waals surface area contributed by atoms with Crippen LogP contribution in [-0.2, 0) is 11.8 Å². The molecule has 0 bridgehead atoms. The van der Waals surface area contributed by atoms with Crippen LogP contribution in [0, 0.1) is 10.1 Å². The van der Waals surface area contributed by atoms with Crippen LogP contribution in [0.25, 0.3) is 11.0 Å². The number of hydrogen-bond acceptors (Lipinski definition) is 9. The van der Waals surface area contributed by atoms with E-state index in [9.17, 15) is 14.9 Å². The molecule has 3 aromatic rings. The molecule has 12 nitrogen and oxygen atoms in total. The summed E-state index contributed by atoms with van der Waals surface area (Å²) in [6, 6.07) is 3.46. The Balaban J connectivity index is 1.67. The summed E-state index contributed by atoms with van der Waals surface area (Å²) in [6.45, 7) is 2.62. The maximum atomic E-state index is 12.6. The molecule has 12 heteroatoms. The number of hydrogen-bond donors (Lipinski definition) is 1. The first-order valence-electron chi connectivity index (χ1n) is 8.12. The van der Waals surface area contributed by atoms with Crippen molar-refractivity contribution in [3.8, 4) is 0 Å². The van der Waals surface area contributed by atoms with Crippen molar-refractivity contribution in [1.29, 1.82) is 0 Å². The van der Waals surface area contributed by atoms with Gasteiger partial charge in [-0.15, -0.1) is 0 Å². The first-order valence-corrected chi connectivity index (χ1v) is 8.12. The van der Waals surface area contributed by atoms with Crippen molar-refractivity contribution < 1.29 is 19.1 Å². The molecule has 1 aliphatic rings. The molecule has 1 amide bonds. The number of fused-ring (bicyclic) bond motifs is 1. The summed E-state index contributed by atoms with van der Waals surface area (Å²) in [5.74, 6) is -0.676. The fourth-order valence-corrected chi connectivity index (χ4v) is 3.02. The molecule has 0 aliphatic carbocycles. The van der Waals surface area contributed by atoms with Crippen LogP contribution >= 0.6 is 0 Å². The molecule has 1 fully saturated rings. The van der Waals surface area contributed by atoms with Crippen molar-refractivity contribution in [3.63, 3.8) is 0 Å². The summed E-state index contributed by atoms with van der Waals surface area (Å²) < 4.78 is 11.4. The number of rotatable bonds is 4. The predicted molar refractivity (Wildman–Crippen MR) is 92.7 cm³/mol. The number of nitro groups is 1. The molecule has 1 saturated heterocycles. The molecule has 1 aliphatic heterocycles. The van der Waals surface area contributed by atoms with Gasteiger partial charge in [-0.2, -0.15) is 5.10 Å². The van der Waals surface area contributed by atoms with Gasteiger partial charge in [0.15, 0.2) is 11.0 Å². The lowest BCUT2D eigenvalue weighted by Gasteiger charge is -2.28. The molecule has 0 saturated carbocycles. The van der Waals surface area contributed by atoms with Crippen LogP contribution < -0.4 is 10.2 Å². The van der Waals surface area contributed by atoms with E-state index in [1.54, 1.807) is 12.1 Å². The summed E-state index contributed by atoms with van der Waals surface area (Å²) in [7, 11) is 1.46. The first-order chi connectivity index (χ1) is 13.1. The number of carbonyl (C=O) groups excluding carboxylic acids is 1. The highest BCUT2D eigenvalue weighted by Crippen LogP contribution is 2.31. The zero-order chi connectivity index (χ0) is 19.0. The molecule has 0 radical (unpaired) electrons. The van der Waals surface area contributed by atoms with Crippen LogP contribution in [0.3, 0.4) is 0 Å². The number of benzene rings is 1. The highest BCUT2D eigenvalue weighted by atomic mass is 16.6. The second-order valence-corrected chi connectivity index (χ2v) is 5.91. The highest BCUT2D eigenvalue weighted by Gasteiger charge is 2.27. The molecule has 2 aromatic heterocycles. The number of anilines is 2. The quantitative estimate of drug-likeness (QED) is 0.522. The van der Waals surface area contributed by atoms with Crippen LogP contribution in [0.15, 0.2) is 23.0 Å². The second-order valence-electron chi connectivity index (χ2n) is 5.91. The minimum absolute atomic E-state index is 0.165. The van der Waals surface area contributed by atoms with Crippen molar-refractivity contribution in [3.05, 3.63) is 34.1 Å². The van der Waals surface area contributed by atoms with Crippen molar-refractivity contribution in [1.82, 2.24) is 20.1 Å². The lowest BCUT2D eigenvalue weighted by atomic mass is 10.2. The normalized spacial score (nSPS) is 14.5. The maximum Gasteiger partial charge on any atom is 0.320 e. The van der Waals surface area contributed by atoms with Gasteiger partial charge in [0, 0.05) is 20.1 Å². The van der Waals surface area contributed by atoms with Crippen LogP contribution in [-0.4, -0.2) is 57.2 Å². The molecule has 0 atom stereocenters. The fourth-order valence-electron chi connectivity index (χ4n) is 3.02. The number of aryl methyl sites for hydroxylation is 1. The maximum absolute atomic E-state index is 12.6. The van der Waals surface area contributed by atoms with Crippen LogP contribution in [0.5, 0.6) is 0 Å². The van der Waals surface area contributed by atoms with Gasteiger partial charge in [0.1, 0.15) is 6.20 Å². The molecule has 0 unspecified atom stereocenters. The van der Waals surface area contributed by atoms with Gasteiger partial charge in [-0.3, -0.25) is 19.6 Å². The molecular formula is C15H15N7O5. The third kappa shape index (κ3) is 2.95. The standard InChI is InChI=1S/C15H15N7O5/c1-20-14(11(8-16-20)22(24)25)15(23)17-9-2-3-10(13-12(9)18-27-19-13)21-4-6-26-7-5-21/h2-3,8H,4-7H2,1H3,(H,17,23). The summed E-state index contributed by atoms with van der Waals surface area (Å²) in [4.78, 5) is 25.1. The number of amides is 1. The van der Waals surface area contributed by atoms with Crippen molar-refractivity contribution >= 4 is 34.0 Å². The van der Waals surface area contributed by atoms with E-state index in [-0.39, 0.29) is 11.4 Å². The SMILES string of the molecule is Cn1ncc([N+](=O)[O-])c1C(=O)Nc1ccc(N2CCOCC2)c2nonc12. The summed E-state index contributed by atoms with van der Waals surface area (Å²) in [5.41, 5.74) is 1.46. The van der Waals surface area contributed by atoms with Crippen molar-refractivity contribution in [2.75, 3.05) is 36.5 Å². The Morgan fingerprint density at radius 2 is 2.00 bits per heavy atom. The van der Waals surface area contributed by atoms with Crippen molar-refractivity contribution in [2.45, 2.75) is 0 Å². The zero-order valence-corrected chi connectivity index (χ0v) is 14.3. The Bertz CT molecular complexity index is 1020. The minimum atomic E-state index is -0.676. The van der Waals surface area contributed by atoms with Crippen molar-refractivity contribution in [2.24, 2.45) is 7.05 Å². The smallest absolute Gasteiger partial charge is 0.320 e. The Kier molecular flexibility index (Phi) is 4.16. The van der Waals surface area contributed by atoms with Crippen LogP contribution in [0.4, 0.5) is 17.1 Å². The molecule has 27 heavy (non-hydrogen) atoms. The number of morpholine rings is 1. The van der Waals surface area contributed by atoms with Gasteiger partial charge in [0.2, 0.25) is 5.69 Å². The van der Waals surface area contributed by atoms with E-state index in [4.69, 9.17) is 9.37 Å². The van der Waals surface area contributed by atoms with E-state index in [2.05, 4.69) is 25.6 Å². The van der Waals surface area contributed by atoms with Gasteiger partial charge in [0.25, 0.3) is 5.91 Å². The largest absolute Gasteiger partial charge is 0.378 e. The average Bonchev–Trinajstić information content (AvgIpc) is 3.29. The van der Waals surface area contributed by atoms with Crippen LogP contribution in [0.1, 0.15) is 10.5 Å². The van der Waals surface area contributed by atoms with E-state index in [0.29, 0.717) is 43.0 Å². The number of carbonyl (C=O) groups is 1. The van der Waals surface area contributed by atoms with Gasteiger partial charge >= 0.3 is 5.69 Å². The number of ether oxygens (including phenoxy) is 1. The van der Waals surface area contributed by atoms with E-state index in [0.717, 1.165) is 16.6 Å². The van der Waals surface area contributed by atoms with E-state index < -0.39 is 10.8 Å². The number of aromatic nitrogens is 4. The number of nitrogens with zero attached hydrogens (tertiary/aromatic N) is 6. The van der Waals surface area contributed by atoms with Gasteiger partial charge < -0.3 is 15.0 Å². The molecule has 0 spiro atoms. The molecule has 4 rings (SSSR count). The Morgan fingerprint density at radius 1 is 1.26 bits per heavy atom. The molecule has 1 aromatic carbocycles. The molecule has 3 heterocycles. The molecular weight excluding hydrogens is 358 g/mol. The fraction of sp³-hybridized carbons (Fsp3) is 0.333. The lowest BCUT2D eigenvalue weighted by molar-refractivity contribution is -0.385. The Labute approximate surface area is 151 Å². The third-order valence-electron chi connectivity index (χ3n) is 4.33. The van der Waals surface area contributed by atoms with Gasteiger partial charge in [-0.05, 0) is 22.4 Å². The molecule has 1 N–H and O–H groups in total. The van der Waals surface area contributed by atoms with Gasteiger partial charge in [0.05, 0.1) is 29.5 Å². The summed E-state index contributed by atoms with van der Waals surface area (Å²) in [6.07, 6.45) is 1.03. The number of nitrogens with one attached hydrogen (secondary N) is 1. The van der Waals surface area contributed by atoms with E-state index in [1.807, 2.05) is 0 Å². The van der Waals surface area contributed by atoms with Crippen LogP contribution in [0.2, 0.25) is 0 Å². The lowest BCUT2D eigenvalue weighted by Crippen LogP contribution is -2.36. The Morgan fingerprint density at radius 3 is 2.74 bits per heavy atom. The topological polar surface area (TPSA) is 141 Å². The van der Waals surface area contributed by atoms with Gasteiger partial charge in [-0.25, -0.2) is 4.63 Å². The monoisotopic (exact) mass is 373 g/mol. The Hall–Kier alpha value is -3.54. The second kappa shape index (κ2) is 6.64. The summed E-state index contributed by atoms with van der Waals surface area (Å²) >= 11 is 0. The third-order valence-corrected chi connectivity index (χ3v) is 4.33. The average molecular weight is 373 g/mol. The predicted octanol–water partition coefficient (Wildman–Crippen LogP) is 0.953. The van der Waals surface area contributed by atoms with Gasteiger partial charge in [-0.1, -0.05) is 0 Å². The van der Waals surface area contributed by atoms with E-state index >= 15 is 0 Å². The molecule has 140 valence electrons. The minimum Gasteiger partial charge on any atom is -0.378 e. The first kappa shape index (κ1) is 16.9. The summed E-state index contributed by atoms with van der Waals surface area (Å²) in [5, 5.41) is 25.3.